The van der Waals surface area contributed by atoms with Crippen LogP contribution in [-0.4, -0.2) is 34.2 Å². The van der Waals surface area contributed by atoms with E-state index in [4.69, 9.17) is 0 Å². The summed E-state index contributed by atoms with van der Waals surface area (Å²) < 4.78 is 1.85. The third-order valence-corrected chi connectivity index (χ3v) is 4.14. The van der Waals surface area contributed by atoms with Gasteiger partial charge in [0.25, 0.3) is 0 Å². The van der Waals surface area contributed by atoms with Crippen LogP contribution in [0.4, 0.5) is 5.69 Å². The van der Waals surface area contributed by atoms with E-state index in [1.54, 1.807) is 0 Å². The summed E-state index contributed by atoms with van der Waals surface area (Å²) in [7, 11) is 1.93. The van der Waals surface area contributed by atoms with Crippen molar-refractivity contribution < 1.29 is 4.79 Å². The van der Waals surface area contributed by atoms with Gasteiger partial charge in [0.15, 0.2) is 0 Å². The van der Waals surface area contributed by atoms with Crippen LogP contribution in [0.1, 0.15) is 18.1 Å². The highest BCUT2D eigenvalue weighted by Crippen LogP contribution is 2.12. The number of carbonyl (C=O) groups is 1. The lowest BCUT2D eigenvalue weighted by Crippen LogP contribution is -2.29. The predicted molar refractivity (Wildman–Crippen MR) is 104 cm³/mol. The fourth-order valence-electron chi connectivity index (χ4n) is 2.85. The number of rotatable bonds is 7. The lowest BCUT2D eigenvalue weighted by Gasteiger charge is -2.15. The molecule has 0 radical (unpaired) electrons. The van der Waals surface area contributed by atoms with Gasteiger partial charge in [-0.25, -0.2) is 4.68 Å². The highest BCUT2D eigenvalue weighted by molar-refractivity contribution is 5.92. The van der Waals surface area contributed by atoms with Crippen molar-refractivity contribution in [3.05, 3.63) is 78.1 Å². The summed E-state index contributed by atoms with van der Waals surface area (Å²) in [5.41, 5.74) is 4.15. The predicted octanol–water partition coefficient (Wildman–Crippen LogP) is 3.51. The van der Waals surface area contributed by atoms with Crippen LogP contribution >= 0.6 is 0 Å². The molecule has 0 saturated heterocycles. The Hall–Kier alpha value is -2.92. The zero-order valence-electron chi connectivity index (χ0n) is 15.2. The maximum absolute atomic E-state index is 12.3. The number of likely N-dealkylation sites (N-methyl/N-ethyl adjacent to an activating group) is 1. The molecule has 0 bridgehead atoms. The average molecular weight is 348 g/mol. The number of hydrogen-bond acceptors (Lipinski definition) is 3. The molecule has 0 spiro atoms. The van der Waals surface area contributed by atoms with Gasteiger partial charge in [0.05, 0.1) is 18.4 Å². The highest BCUT2D eigenvalue weighted by Gasteiger charge is 2.09. The van der Waals surface area contributed by atoms with E-state index in [1.165, 1.54) is 5.56 Å². The van der Waals surface area contributed by atoms with Gasteiger partial charge in [0.2, 0.25) is 5.91 Å². The van der Waals surface area contributed by atoms with Crippen molar-refractivity contribution in [2.45, 2.75) is 19.9 Å². The first-order valence-electron chi connectivity index (χ1n) is 8.80. The Bertz CT molecular complexity index is 857. The van der Waals surface area contributed by atoms with E-state index in [-0.39, 0.29) is 5.91 Å². The molecule has 5 nitrogen and oxygen atoms in total. The second kappa shape index (κ2) is 8.45. The Morgan fingerprint density at radius 3 is 2.69 bits per heavy atom. The average Bonchev–Trinajstić information content (AvgIpc) is 3.10. The molecule has 3 aromatic rings. The molecule has 1 aromatic heterocycles. The molecule has 1 amide bonds. The van der Waals surface area contributed by atoms with Crippen molar-refractivity contribution in [3.63, 3.8) is 0 Å². The normalized spacial score (nSPS) is 10.9. The Labute approximate surface area is 154 Å². The third kappa shape index (κ3) is 4.80. The van der Waals surface area contributed by atoms with Crippen LogP contribution in [0.3, 0.4) is 0 Å². The Balaban J connectivity index is 1.54. The Morgan fingerprint density at radius 1 is 1.12 bits per heavy atom. The minimum Gasteiger partial charge on any atom is -0.325 e. The molecule has 1 N–H and O–H groups in total. The van der Waals surface area contributed by atoms with Crippen LogP contribution < -0.4 is 5.32 Å². The molecule has 3 rings (SSSR count). The molecule has 0 aliphatic heterocycles. The molecule has 2 aromatic carbocycles. The topological polar surface area (TPSA) is 50.2 Å². The third-order valence-electron chi connectivity index (χ3n) is 4.14. The van der Waals surface area contributed by atoms with E-state index in [1.807, 2.05) is 77.6 Å². The Kier molecular flexibility index (Phi) is 5.81. The molecule has 0 unspecified atom stereocenters. The minimum absolute atomic E-state index is 0.0174. The van der Waals surface area contributed by atoms with E-state index in [0.717, 1.165) is 23.4 Å². The van der Waals surface area contributed by atoms with Crippen molar-refractivity contribution >= 4 is 11.6 Å². The van der Waals surface area contributed by atoms with Crippen molar-refractivity contribution in [1.29, 1.82) is 0 Å². The zero-order chi connectivity index (χ0) is 18.4. The van der Waals surface area contributed by atoms with Gasteiger partial charge in [-0.1, -0.05) is 37.3 Å². The lowest BCUT2D eigenvalue weighted by atomic mass is 10.1. The molecular weight excluding hydrogens is 324 g/mol. The van der Waals surface area contributed by atoms with Gasteiger partial charge in [-0.05, 0) is 43.3 Å². The van der Waals surface area contributed by atoms with E-state index in [9.17, 15) is 4.79 Å². The summed E-state index contributed by atoms with van der Waals surface area (Å²) in [6, 6.07) is 17.9. The van der Waals surface area contributed by atoms with Crippen molar-refractivity contribution in [1.82, 2.24) is 14.7 Å². The number of amides is 1. The van der Waals surface area contributed by atoms with Crippen molar-refractivity contribution in [2.24, 2.45) is 0 Å². The molecule has 26 heavy (non-hydrogen) atoms. The second-order valence-electron chi connectivity index (χ2n) is 6.40. The number of para-hydroxylation sites is 1. The number of hydrogen-bond donors (Lipinski definition) is 1. The van der Waals surface area contributed by atoms with Crippen LogP contribution in [0, 0.1) is 0 Å². The number of aromatic nitrogens is 2. The van der Waals surface area contributed by atoms with Gasteiger partial charge in [0, 0.05) is 24.0 Å². The summed E-state index contributed by atoms with van der Waals surface area (Å²) in [4.78, 5) is 14.2. The molecule has 0 saturated carbocycles. The van der Waals surface area contributed by atoms with Crippen LogP contribution in [0.15, 0.2) is 67.0 Å². The van der Waals surface area contributed by atoms with Crippen molar-refractivity contribution in [2.75, 3.05) is 18.9 Å². The standard InChI is InChI=1S/C21H24N4O/c1-3-17-8-7-9-19(12-17)23-21(26)16-24(2)14-18-13-22-25(15-18)20-10-5-4-6-11-20/h4-13,15H,3,14,16H2,1-2H3,(H,23,26). The van der Waals surface area contributed by atoms with Crippen LogP contribution in [0.2, 0.25) is 0 Å². The number of anilines is 1. The SMILES string of the molecule is CCc1cccc(NC(=O)CN(C)Cc2cnn(-c3ccccc3)c2)c1. The first-order chi connectivity index (χ1) is 12.6. The van der Waals surface area contributed by atoms with Crippen molar-refractivity contribution in [3.8, 4) is 5.69 Å². The fraction of sp³-hybridized carbons (Fsp3) is 0.238. The minimum atomic E-state index is -0.0174. The van der Waals surface area contributed by atoms with Gasteiger partial charge in [-0.15, -0.1) is 0 Å². The van der Waals surface area contributed by atoms with Crippen LogP contribution in [0.5, 0.6) is 0 Å². The highest BCUT2D eigenvalue weighted by atomic mass is 16.2. The quantitative estimate of drug-likeness (QED) is 0.711. The molecule has 0 aliphatic rings. The molecule has 5 heteroatoms. The number of carbonyl (C=O) groups excluding carboxylic acids is 1. The van der Waals surface area contributed by atoms with Gasteiger partial charge in [-0.3, -0.25) is 9.69 Å². The summed E-state index contributed by atoms with van der Waals surface area (Å²) in [6.45, 7) is 3.09. The monoisotopic (exact) mass is 348 g/mol. The Morgan fingerprint density at radius 2 is 1.92 bits per heavy atom. The number of nitrogens with zero attached hydrogens (tertiary/aromatic N) is 3. The first kappa shape index (κ1) is 17.9. The first-order valence-corrected chi connectivity index (χ1v) is 8.80. The zero-order valence-corrected chi connectivity index (χ0v) is 15.2. The van der Waals surface area contributed by atoms with Gasteiger partial charge >= 0.3 is 0 Å². The second-order valence-corrected chi connectivity index (χ2v) is 6.40. The summed E-state index contributed by atoms with van der Waals surface area (Å²) in [6.07, 6.45) is 4.79. The number of aryl methyl sites for hydroxylation is 1. The lowest BCUT2D eigenvalue weighted by molar-refractivity contribution is -0.117. The number of benzene rings is 2. The molecule has 1 heterocycles. The maximum atomic E-state index is 12.3. The molecule has 0 aliphatic carbocycles. The van der Waals surface area contributed by atoms with Gasteiger partial charge < -0.3 is 5.32 Å². The van der Waals surface area contributed by atoms with Crippen LogP contribution in [-0.2, 0) is 17.8 Å². The molecule has 0 fully saturated rings. The van der Waals surface area contributed by atoms with E-state index >= 15 is 0 Å². The van der Waals surface area contributed by atoms with E-state index < -0.39 is 0 Å². The summed E-state index contributed by atoms with van der Waals surface area (Å²) >= 11 is 0. The van der Waals surface area contributed by atoms with Gasteiger partial charge in [-0.2, -0.15) is 5.10 Å². The van der Waals surface area contributed by atoms with E-state index in [2.05, 4.69) is 23.4 Å². The maximum Gasteiger partial charge on any atom is 0.238 e. The molecule has 134 valence electrons. The van der Waals surface area contributed by atoms with Gasteiger partial charge in [0.1, 0.15) is 0 Å². The fourth-order valence-corrected chi connectivity index (χ4v) is 2.85. The molecular formula is C21H24N4O. The van der Waals surface area contributed by atoms with E-state index in [0.29, 0.717) is 13.1 Å². The summed E-state index contributed by atoms with van der Waals surface area (Å²) in [5, 5.41) is 7.36. The smallest absolute Gasteiger partial charge is 0.238 e. The summed E-state index contributed by atoms with van der Waals surface area (Å²) in [5.74, 6) is -0.0174. The van der Waals surface area contributed by atoms with Crippen LogP contribution in [0.25, 0.3) is 5.69 Å². The largest absolute Gasteiger partial charge is 0.325 e. The number of nitrogens with one attached hydrogen (secondary N) is 1. The molecule has 0 atom stereocenters.